The van der Waals surface area contributed by atoms with Crippen molar-refractivity contribution >= 4 is 28.8 Å². The van der Waals surface area contributed by atoms with Gasteiger partial charge in [0.1, 0.15) is 0 Å². The maximum absolute atomic E-state index is 11.9. The molecule has 2 aromatic rings. The molecule has 20 heavy (non-hydrogen) atoms. The van der Waals surface area contributed by atoms with Crippen LogP contribution in [0.5, 0.6) is 0 Å². The normalized spacial score (nSPS) is 12.1. The van der Waals surface area contributed by atoms with Crippen LogP contribution in [0.1, 0.15) is 24.5 Å². The fraction of sp³-hybridized carbons (Fsp3) is 0.312. The van der Waals surface area contributed by atoms with E-state index in [2.05, 4.69) is 16.8 Å². The highest BCUT2D eigenvalue weighted by molar-refractivity contribution is 7.07. The Hall–Kier alpha value is -1.32. The molecule has 0 bridgehead atoms. The first-order valence-corrected chi connectivity index (χ1v) is 8.00. The van der Waals surface area contributed by atoms with Crippen molar-refractivity contribution < 1.29 is 4.79 Å². The Labute approximate surface area is 128 Å². The molecule has 2 rings (SSSR count). The molecule has 0 spiro atoms. The van der Waals surface area contributed by atoms with Crippen LogP contribution in [0.3, 0.4) is 0 Å². The van der Waals surface area contributed by atoms with Crippen molar-refractivity contribution in [1.29, 1.82) is 0 Å². The number of benzene rings is 1. The third kappa shape index (κ3) is 4.99. The van der Waals surface area contributed by atoms with E-state index in [1.54, 1.807) is 11.3 Å². The van der Waals surface area contributed by atoms with E-state index in [-0.39, 0.29) is 11.9 Å². The lowest BCUT2D eigenvalue weighted by atomic mass is 10.1. The third-order valence-corrected chi connectivity index (χ3v) is 4.03. The number of aryl methyl sites for hydroxylation is 1. The monoisotopic (exact) mass is 307 g/mol. The minimum absolute atomic E-state index is 0.103. The minimum Gasteiger partial charge on any atom is -0.353 e. The summed E-state index contributed by atoms with van der Waals surface area (Å²) in [6, 6.07) is 9.93. The molecule has 1 aromatic carbocycles. The predicted octanol–water partition coefficient (Wildman–Crippen LogP) is 4.08. The van der Waals surface area contributed by atoms with Gasteiger partial charge in [-0.2, -0.15) is 11.3 Å². The lowest BCUT2D eigenvalue weighted by molar-refractivity contribution is -0.121. The quantitative estimate of drug-likeness (QED) is 0.856. The van der Waals surface area contributed by atoms with Crippen LogP contribution in [0.25, 0.3) is 0 Å². The molecule has 0 saturated heterocycles. The van der Waals surface area contributed by atoms with Crippen molar-refractivity contribution in [3.05, 3.63) is 57.2 Å². The van der Waals surface area contributed by atoms with Gasteiger partial charge < -0.3 is 5.32 Å². The van der Waals surface area contributed by atoms with Gasteiger partial charge in [0.2, 0.25) is 5.91 Å². The molecule has 0 saturated carbocycles. The Balaban J connectivity index is 1.76. The van der Waals surface area contributed by atoms with Crippen molar-refractivity contribution in [2.75, 3.05) is 0 Å². The van der Waals surface area contributed by atoms with Gasteiger partial charge in [-0.05, 0) is 59.9 Å². The van der Waals surface area contributed by atoms with Crippen LogP contribution < -0.4 is 5.32 Å². The molecule has 0 radical (unpaired) electrons. The van der Waals surface area contributed by atoms with E-state index < -0.39 is 0 Å². The van der Waals surface area contributed by atoms with Crippen molar-refractivity contribution in [3.63, 3.8) is 0 Å². The highest BCUT2D eigenvalue weighted by Gasteiger charge is 2.08. The zero-order valence-electron chi connectivity index (χ0n) is 11.4. The topological polar surface area (TPSA) is 29.1 Å². The number of halogens is 1. The molecule has 0 fully saturated rings. The van der Waals surface area contributed by atoms with Gasteiger partial charge in [-0.1, -0.05) is 23.7 Å². The molecule has 1 atom stereocenters. The average Bonchev–Trinajstić information content (AvgIpc) is 2.89. The zero-order valence-corrected chi connectivity index (χ0v) is 13.0. The molecule has 0 aliphatic heterocycles. The average molecular weight is 308 g/mol. The fourth-order valence-electron chi connectivity index (χ4n) is 2.11. The third-order valence-electron chi connectivity index (χ3n) is 3.06. The summed E-state index contributed by atoms with van der Waals surface area (Å²) in [6.45, 7) is 2.02. The highest BCUT2D eigenvalue weighted by Crippen LogP contribution is 2.12. The molecule has 1 heterocycles. The van der Waals surface area contributed by atoms with Crippen LogP contribution in [0.4, 0.5) is 0 Å². The Bertz CT molecular complexity index is 553. The number of hydrogen-bond donors (Lipinski definition) is 1. The molecule has 1 aromatic heterocycles. The highest BCUT2D eigenvalue weighted by atomic mass is 35.5. The molecule has 1 amide bonds. The lowest BCUT2D eigenvalue weighted by Gasteiger charge is -2.14. The van der Waals surface area contributed by atoms with Gasteiger partial charge in [0.25, 0.3) is 0 Å². The summed E-state index contributed by atoms with van der Waals surface area (Å²) in [6.07, 6.45) is 2.14. The standard InChI is InChI=1S/C16H18ClNOS/c1-12(9-14-3-2-4-15(17)10-14)18-16(19)6-5-13-7-8-20-11-13/h2-4,7-8,10-12H,5-6,9H2,1H3,(H,18,19)/t12-/m1/s1. The van der Waals surface area contributed by atoms with E-state index in [4.69, 9.17) is 11.6 Å². The van der Waals surface area contributed by atoms with E-state index in [1.165, 1.54) is 5.56 Å². The first kappa shape index (κ1) is 15.1. The van der Waals surface area contributed by atoms with Crippen LogP contribution in [0, 0.1) is 0 Å². The number of amides is 1. The molecule has 2 nitrogen and oxygen atoms in total. The molecule has 4 heteroatoms. The number of carbonyl (C=O) groups excluding carboxylic acids is 1. The summed E-state index contributed by atoms with van der Waals surface area (Å²) in [5, 5.41) is 7.89. The summed E-state index contributed by atoms with van der Waals surface area (Å²) in [5.74, 6) is 0.103. The summed E-state index contributed by atoms with van der Waals surface area (Å²) >= 11 is 7.62. The number of carbonyl (C=O) groups is 1. The summed E-state index contributed by atoms with van der Waals surface area (Å²) in [5.41, 5.74) is 2.37. The van der Waals surface area contributed by atoms with E-state index in [1.807, 2.05) is 36.6 Å². The summed E-state index contributed by atoms with van der Waals surface area (Å²) in [7, 11) is 0. The first-order chi connectivity index (χ1) is 9.63. The Morgan fingerprint density at radius 3 is 2.90 bits per heavy atom. The van der Waals surface area contributed by atoms with Crippen molar-refractivity contribution in [1.82, 2.24) is 5.32 Å². The molecule has 0 aliphatic rings. The van der Waals surface area contributed by atoms with E-state index in [9.17, 15) is 4.79 Å². The Morgan fingerprint density at radius 2 is 2.20 bits per heavy atom. The second kappa shape index (κ2) is 7.46. The van der Waals surface area contributed by atoms with Crippen LogP contribution >= 0.6 is 22.9 Å². The second-order valence-corrected chi connectivity index (χ2v) is 6.15. The maximum atomic E-state index is 11.9. The smallest absolute Gasteiger partial charge is 0.220 e. The van der Waals surface area contributed by atoms with Gasteiger partial charge >= 0.3 is 0 Å². The molecule has 0 unspecified atom stereocenters. The molecule has 106 valence electrons. The number of hydrogen-bond acceptors (Lipinski definition) is 2. The van der Waals surface area contributed by atoms with Gasteiger partial charge in [0.15, 0.2) is 0 Å². The molecular weight excluding hydrogens is 290 g/mol. The Morgan fingerprint density at radius 1 is 1.35 bits per heavy atom. The van der Waals surface area contributed by atoms with Gasteiger partial charge in [-0.25, -0.2) is 0 Å². The zero-order chi connectivity index (χ0) is 14.4. The fourth-order valence-corrected chi connectivity index (χ4v) is 3.02. The number of thiophene rings is 1. The maximum Gasteiger partial charge on any atom is 0.220 e. The lowest BCUT2D eigenvalue weighted by Crippen LogP contribution is -2.34. The minimum atomic E-state index is 0.103. The van der Waals surface area contributed by atoms with Gasteiger partial charge in [0, 0.05) is 17.5 Å². The van der Waals surface area contributed by atoms with Crippen molar-refractivity contribution in [2.45, 2.75) is 32.2 Å². The number of rotatable bonds is 6. The second-order valence-electron chi connectivity index (χ2n) is 4.93. The van der Waals surface area contributed by atoms with Crippen LogP contribution in [-0.4, -0.2) is 11.9 Å². The van der Waals surface area contributed by atoms with E-state index in [0.717, 1.165) is 23.4 Å². The van der Waals surface area contributed by atoms with E-state index >= 15 is 0 Å². The molecule has 0 aliphatic carbocycles. The van der Waals surface area contributed by atoms with Crippen molar-refractivity contribution in [3.8, 4) is 0 Å². The van der Waals surface area contributed by atoms with Crippen molar-refractivity contribution in [2.24, 2.45) is 0 Å². The Kier molecular flexibility index (Phi) is 5.62. The van der Waals surface area contributed by atoms with Crippen LogP contribution in [-0.2, 0) is 17.6 Å². The van der Waals surface area contributed by atoms with Crippen LogP contribution in [0.15, 0.2) is 41.1 Å². The summed E-state index contributed by atoms with van der Waals surface area (Å²) < 4.78 is 0. The SMILES string of the molecule is C[C@H](Cc1cccc(Cl)c1)NC(=O)CCc1ccsc1. The first-order valence-electron chi connectivity index (χ1n) is 6.68. The van der Waals surface area contributed by atoms with E-state index in [0.29, 0.717) is 6.42 Å². The molecular formula is C16H18ClNOS. The summed E-state index contributed by atoms with van der Waals surface area (Å²) in [4.78, 5) is 11.9. The largest absolute Gasteiger partial charge is 0.353 e. The van der Waals surface area contributed by atoms with Gasteiger partial charge in [-0.3, -0.25) is 4.79 Å². The number of nitrogens with one attached hydrogen (secondary N) is 1. The molecule has 1 N–H and O–H groups in total. The van der Waals surface area contributed by atoms with Gasteiger partial charge in [-0.15, -0.1) is 0 Å². The van der Waals surface area contributed by atoms with Crippen LogP contribution in [0.2, 0.25) is 5.02 Å². The van der Waals surface area contributed by atoms with Gasteiger partial charge in [0.05, 0.1) is 0 Å². The predicted molar refractivity (Wildman–Crippen MR) is 85.4 cm³/mol.